The van der Waals surface area contributed by atoms with Gasteiger partial charge in [-0.2, -0.15) is 0 Å². The maximum atomic E-state index is 11.4. The monoisotopic (exact) mass is 416 g/mol. The molecule has 0 spiro atoms. The van der Waals surface area contributed by atoms with Gasteiger partial charge in [0.15, 0.2) is 0 Å². The van der Waals surface area contributed by atoms with Gasteiger partial charge in [0.05, 0.1) is 0 Å². The van der Waals surface area contributed by atoms with E-state index in [9.17, 15) is 9.59 Å². The zero-order valence-electron chi connectivity index (χ0n) is 17.5. The second-order valence-electron chi connectivity index (χ2n) is 7.24. The van der Waals surface area contributed by atoms with Crippen molar-refractivity contribution in [3.05, 3.63) is 12.2 Å². The molecule has 0 fully saturated rings. The first-order chi connectivity index (χ1) is 12.1. The zero-order valence-corrected chi connectivity index (χ0v) is 20.4. The van der Waals surface area contributed by atoms with Gasteiger partial charge in [-0.15, -0.1) is 0 Å². The van der Waals surface area contributed by atoms with E-state index in [1.165, 1.54) is 83.5 Å². The third kappa shape index (κ3) is 19.8. The van der Waals surface area contributed by atoms with Crippen LogP contribution in [0.25, 0.3) is 0 Å². The van der Waals surface area contributed by atoms with Gasteiger partial charge in [-0.3, -0.25) is 4.79 Å². The smallest absolute Gasteiger partial charge is 0.340 e. The van der Waals surface area contributed by atoms with E-state index in [2.05, 4.69) is 18.2 Å². The van der Waals surface area contributed by atoms with Crippen LogP contribution in [-0.4, -0.2) is 11.9 Å². The fourth-order valence-corrected chi connectivity index (χ4v) is 2.88. The fraction of sp³-hybridized carbons (Fsp3) is 0.818. The SMILES string of the molecule is C=C(C)C(=O)OC(=O)CCCCCCCCCCCCCCCCC.[Zn]. The summed E-state index contributed by atoms with van der Waals surface area (Å²) in [5.74, 6) is -1.03. The first-order valence-electron chi connectivity index (χ1n) is 10.5. The second kappa shape index (κ2) is 20.8. The molecule has 0 atom stereocenters. The predicted octanol–water partition coefficient (Wildman–Crippen LogP) is 6.89. The molecule has 0 heterocycles. The van der Waals surface area contributed by atoms with Gasteiger partial charge >= 0.3 is 11.9 Å². The van der Waals surface area contributed by atoms with Gasteiger partial charge in [0, 0.05) is 31.5 Å². The molecule has 0 bridgehead atoms. The van der Waals surface area contributed by atoms with E-state index in [0.29, 0.717) is 6.42 Å². The molecule has 0 radical (unpaired) electrons. The van der Waals surface area contributed by atoms with Crippen molar-refractivity contribution in [3.63, 3.8) is 0 Å². The Balaban J connectivity index is 0. The van der Waals surface area contributed by atoms with Crippen LogP contribution in [0.4, 0.5) is 0 Å². The molecule has 0 aliphatic carbocycles. The molecule has 0 aromatic carbocycles. The van der Waals surface area contributed by atoms with Crippen LogP contribution in [0.2, 0.25) is 0 Å². The molecule has 3 nitrogen and oxygen atoms in total. The number of carbonyl (C=O) groups excluding carboxylic acids is 2. The van der Waals surface area contributed by atoms with Gasteiger partial charge in [-0.1, -0.05) is 103 Å². The Kier molecular flexibility index (Phi) is 22.2. The van der Waals surface area contributed by atoms with Crippen LogP contribution >= 0.6 is 0 Å². The third-order valence-electron chi connectivity index (χ3n) is 4.54. The summed E-state index contributed by atoms with van der Waals surface area (Å²) < 4.78 is 4.65. The predicted molar refractivity (Wildman–Crippen MR) is 105 cm³/mol. The van der Waals surface area contributed by atoms with Crippen LogP contribution in [0, 0.1) is 0 Å². The summed E-state index contributed by atoms with van der Waals surface area (Å²) in [6.07, 6.45) is 19.8. The number of esters is 2. The Morgan fingerprint density at radius 1 is 0.692 bits per heavy atom. The molecule has 148 valence electrons. The molecule has 0 amide bonds. The second-order valence-corrected chi connectivity index (χ2v) is 7.24. The van der Waals surface area contributed by atoms with Crippen LogP contribution in [0.3, 0.4) is 0 Å². The summed E-state index contributed by atoms with van der Waals surface area (Å²) in [7, 11) is 0. The molecule has 0 aliphatic heterocycles. The third-order valence-corrected chi connectivity index (χ3v) is 4.54. The van der Waals surface area contributed by atoms with Crippen LogP contribution in [0.5, 0.6) is 0 Å². The molecule has 0 aliphatic rings. The molecule has 0 aromatic heterocycles. The van der Waals surface area contributed by atoms with Crippen molar-refractivity contribution in [1.29, 1.82) is 0 Å². The summed E-state index contributed by atoms with van der Waals surface area (Å²) in [5.41, 5.74) is 0.268. The van der Waals surface area contributed by atoms with Gasteiger partial charge in [-0.25, -0.2) is 4.79 Å². The number of ether oxygens (including phenoxy) is 1. The minimum atomic E-state index is -0.606. The van der Waals surface area contributed by atoms with Crippen molar-refractivity contribution in [2.45, 2.75) is 117 Å². The Morgan fingerprint density at radius 3 is 1.38 bits per heavy atom. The Bertz CT molecular complexity index is 366. The van der Waals surface area contributed by atoms with E-state index in [4.69, 9.17) is 0 Å². The van der Waals surface area contributed by atoms with Crippen molar-refractivity contribution < 1.29 is 33.8 Å². The minimum Gasteiger partial charge on any atom is -0.390 e. The number of rotatable bonds is 17. The summed E-state index contributed by atoms with van der Waals surface area (Å²) in [5, 5.41) is 0. The maximum absolute atomic E-state index is 11.4. The first kappa shape index (κ1) is 27.7. The van der Waals surface area contributed by atoms with Crippen molar-refractivity contribution in [3.8, 4) is 0 Å². The number of hydrogen-bond acceptors (Lipinski definition) is 3. The minimum absolute atomic E-state index is 0. The standard InChI is InChI=1S/C22H40O3.Zn/c1-4-5-6-7-8-9-10-11-12-13-14-15-16-17-18-19-21(23)25-22(24)20(2)3;/h2,4-19H2,1,3H3;. The van der Waals surface area contributed by atoms with Crippen molar-refractivity contribution >= 4 is 11.9 Å². The van der Waals surface area contributed by atoms with Crippen LogP contribution in [0.1, 0.15) is 117 Å². The van der Waals surface area contributed by atoms with Crippen molar-refractivity contribution in [2.75, 3.05) is 0 Å². The molecule has 0 saturated carbocycles. The summed E-state index contributed by atoms with van der Waals surface area (Å²) >= 11 is 0. The van der Waals surface area contributed by atoms with Crippen molar-refractivity contribution in [1.82, 2.24) is 0 Å². The normalized spacial score (nSPS) is 10.2. The van der Waals surface area contributed by atoms with Crippen LogP contribution in [-0.2, 0) is 33.8 Å². The van der Waals surface area contributed by atoms with E-state index in [1.807, 2.05) is 0 Å². The summed E-state index contributed by atoms with van der Waals surface area (Å²) in [4.78, 5) is 22.6. The first-order valence-corrected chi connectivity index (χ1v) is 10.5. The summed E-state index contributed by atoms with van der Waals surface area (Å²) in [6.45, 7) is 7.27. The maximum Gasteiger partial charge on any atom is 0.340 e. The Labute approximate surface area is 174 Å². The Hall–Kier alpha value is -0.497. The van der Waals surface area contributed by atoms with E-state index < -0.39 is 11.9 Å². The largest absolute Gasteiger partial charge is 0.390 e. The van der Waals surface area contributed by atoms with E-state index >= 15 is 0 Å². The molecule has 4 heteroatoms. The summed E-state index contributed by atoms with van der Waals surface area (Å²) in [6, 6.07) is 0. The molecule has 26 heavy (non-hydrogen) atoms. The van der Waals surface area contributed by atoms with Gasteiger partial charge in [-0.05, 0) is 13.3 Å². The quantitative estimate of drug-likeness (QED) is 0.0850. The van der Waals surface area contributed by atoms with E-state index in [0.717, 1.165) is 12.8 Å². The molecule has 0 rings (SSSR count). The van der Waals surface area contributed by atoms with Gasteiger partial charge in [0.25, 0.3) is 0 Å². The number of unbranched alkanes of at least 4 members (excludes halogenated alkanes) is 14. The van der Waals surface area contributed by atoms with E-state index in [-0.39, 0.29) is 25.1 Å². The van der Waals surface area contributed by atoms with Crippen molar-refractivity contribution in [2.24, 2.45) is 0 Å². The van der Waals surface area contributed by atoms with Gasteiger partial charge in [0.2, 0.25) is 0 Å². The topological polar surface area (TPSA) is 43.4 Å². The zero-order chi connectivity index (χ0) is 18.8. The molecular formula is C22H40O3Zn. The van der Waals surface area contributed by atoms with Gasteiger partial charge < -0.3 is 4.74 Å². The average molecular weight is 418 g/mol. The van der Waals surface area contributed by atoms with E-state index in [1.54, 1.807) is 6.92 Å². The molecule has 0 N–H and O–H groups in total. The Morgan fingerprint density at radius 2 is 1.04 bits per heavy atom. The number of carbonyl (C=O) groups is 2. The van der Waals surface area contributed by atoms with Crippen LogP contribution < -0.4 is 0 Å². The fourth-order valence-electron chi connectivity index (χ4n) is 2.88. The molecule has 0 unspecified atom stereocenters. The van der Waals surface area contributed by atoms with Crippen LogP contribution in [0.15, 0.2) is 12.2 Å². The molecule has 0 saturated heterocycles. The molecule has 0 aromatic rings. The molecular weight excluding hydrogens is 378 g/mol. The van der Waals surface area contributed by atoms with Gasteiger partial charge in [0.1, 0.15) is 0 Å². The number of hydrogen-bond donors (Lipinski definition) is 0. The average Bonchev–Trinajstić information content (AvgIpc) is 2.58.